The lowest BCUT2D eigenvalue weighted by Crippen LogP contribution is -2.14. The third-order valence-electron chi connectivity index (χ3n) is 3.79. The van der Waals surface area contributed by atoms with Gasteiger partial charge in [-0.1, -0.05) is 35.9 Å². The SMILES string of the molecule is Cc1c(Cl)cccc1Nc1cc(F)ccc1C(=O)Nc1ccccc1. The highest BCUT2D eigenvalue weighted by atomic mass is 35.5. The summed E-state index contributed by atoms with van der Waals surface area (Å²) in [6.45, 7) is 1.85. The van der Waals surface area contributed by atoms with E-state index in [1.807, 2.05) is 31.2 Å². The summed E-state index contributed by atoms with van der Waals surface area (Å²) in [6.07, 6.45) is 0. The van der Waals surface area contributed by atoms with Gasteiger partial charge in [-0.3, -0.25) is 4.79 Å². The van der Waals surface area contributed by atoms with E-state index in [0.29, 0.717) is 27.6 Å². The van der Waals surface area contributed by atoms with Crippen molar-refractivity contribution in [2.24, 2.45) is 0 Å². The van der Waals surface area contributed by atoms with Crippen LogP contribution in [0.4, 0.5) is 21.5 Å². The van der Waals surface area contributed by atoms with Gasteiger partial charge in [-0.15, -0.1) is 0 Å². The first kappa shape index (κ1) is 17.0. The van der Waals surface area contributed by atoms with E-state index in [9.17, 15) is 9.18 Å². The average molecular weight is 355 g/mol. The van der Waals surface area contributed by atoms with Gasteiger partial charge in [0.1, 0.15) is 5.82 Å². The van der Waals surface area contributed by atoms with Crippen LogP contribution in [0.15, 0.2) is 66.7 Å². The minimum atomic E-state index is -0.432. The van der Waals surface area contributed by atoms with Gasteiger partial charge >= 0.3 is 0 Å². The molecule has 2 N–H and O–H groups in total. The van der Waals surface area contributed by atoms with Crippen LogP contribution in [0.25, 0.3) is 0 Å². The molecular formula is C20H16ClFN2O. The van der Waals surface area contributed by atoms with Crippen LogP contribution >= 0.6 is 11.6 Å². The molecule has 0 aliphatic heterocycles. The van der Waals surface area contributed by atoms with Crippen molar-refractivity contribution in [3.63, 3.8) is 0 Å². The molecule has 0 radical (unpaired) electrons. The molecule has 0 aliphatic carbocycles. The Balaban J connectivity index is 1.93. The summed E-state index contributed by atoms with van der Waals surface area (Å²) < 4.78 is 13.7. The molecule has 0 saturated carbocycles. The summed E-state index contributed by atoms with van der Waals surface area (Å²) in [5.41, 5.74) is 2.92. The fourth-order valence-corrected chi connectivity index (χ4v) is 2.60. The van der Waals surface area contributed by atoms with Crippen molar-refractivity contribution < 1.29 is 9.18 Å². The molecule has 1 amide bonds. The van der Waals surface area contributed by atoms with E-state index in [0.717, 1.165) is 5.56 Å². The van der Waals surface area contributed by atoms with E-state index < -0.39 is 5.82 Å². The second-order valence-electron chi connectivity index (χ2n) is 5.55. The fraction of sp³-hybridized carbons (Fsp3) is 0.0500. The first-order chi connectivity index (χ1) is 12.0. The van der Waals surface area contributed by atoms with Crippen LogP contribution in [0.2, 0.25) is 5.02 Å². The molecule has 25 heavy (non-hydrogen) atoms. The van der Waals surface area contributed by atoms with Crippen molar-refractivity contribution in [3.05, 3.63) is 88.7 Å². The molecule has 126 valence electrons. The number of carbonyl (C=O) groups excluding carboxylic acids is 1. The molecule has 0 bridgehead atoms. The lowest BCUT2D eigenvalue weighted by molar-refractivity contribution is 0.102. The largest absolute Gasteiger partial charge is 0.355 e. The van der Waals surface area contributed by atoms with E-state index in [-0.39, 0.29) is 5.91 Å². The van der Waals surface area contributed by atoms with Crippen LogP contribution < -0.4 is 10.6 Å². The minimum absolute atomic E-state index is 0.326. The normalized spacial score (nSPS) is 10.4. The highest BCUT2D eigenvalue weighted by Gasteiger charge is 2.14. The summed E-state index contributed by atoms with van der Waals surface area (Å²) >= 11 is 6.13. The zero-order valence-electron chi connectivity index (χ0n) is 13.5. The van der Waals surface area contributed by atoms with Gasteiger partial charge in [0.05, 0.1) is 11.3 Å². The minimum Gasteiger partial charge on any atom is -0.355 e. The highest BCUT2D eigenvalue weighted by molar-refractivity contribution is 6.31. The second kappa shape index (κ2) is 7.36. The summed E-state index contributed by atoms with van der Waals surface area (Å²) in [5, 5.41) is 6.50. The number of hydrogen-bond acceptors (Lipinski definition) is 2. The second-order valence-corrected chi connectivity index (χ2v) is 5.95. The van der Waals surface area contributed by atoms with E-state index in [2.05, 4.69) is 10.6 Å². The average Bonchev–Trinajstić information content (AvgIpc) is 2.60. The zero-order chi connectivity index (χ0) is 17.8. The number of benzene rings is 3. The maximum absolute atomic E-state index is 13.7. The number of nitrogens with one attached hydrogen (secondary N) is 2. The maximum atomic E-state index is 13.7. The Hall–Kier alpha value is -2.85. The predicted octanol–water partition coefficient (Wildman–Crippen LogP) is 5.78. The van der Waals surface area contributed by atoms with Crippen molar-refractivity contribution >= 4 is 34.6 Å². The number of anilines is 3. The Morgan fingerprint density at radius 3 is 2.48 bits per heavy atom. The van der Waals surface area contributed by atoms with Gasteiger partial charge in [0.2, 0.25) is 0 Å². The summed E-state index contributed by atoms with van der Waals surface area (Å²) in [5.74, 6) is -0.758. The summed E-state index contributed by atoms with van der Waals surface area (Å²) in [6, 6.07) is 18.5. The van der Waals surface area contributed by atoms with Crippen LogP contribution in [-0.4, -0.2) is 5.91 Å². The van der Waals surface area contributed by atoms with E-state index >= 15 is 0 Å². The number of rotatable bonds is 4. The zero-order valence-corrected chi connectivity index (χ0v) is 14.3. The third kappa shape index (κ3) is 3.98. The molecule has 0 saturated heterocycles. The maximum Gasteiger partial charge on any atom is 0.257 e. The molecule has 0 heterocycles. The van der Waals surface area contributed by atoms with Gasteiger partial charge in [0.15, 0.2) is 0 Å². The quantitative estimate of drug-likeness (QED) is 0.623. The Kier molecular flexibility index (Phi) is 5.00. The van der Waals surface area contributed by atoms with Crippen molar-refractivity contribution in [3.8, 4) is 0 Å². The Morgan fingerprint density at radius 2 is 1.72 bits per heavy atom. The standard InChI is InChI=1S/C20H16ClFN2O/c1-13-17(21)8-5-9-18(13)24-19-12-14(22)10-11-16(19)20(25)23-15-6-3-2-4-7-15/h2-12,24H,1H3,(H,23,25). The lowest BCUT2D eigenvalue weighted by atomic mass is 10.1. The molecule has 3 nitrogen and oxygen atoms in total. The molecule has 0 unspecified atom stereocenters. The van der Waals surface area contributed by atoms with Crippen molar-refractivity contribution in [2.75, 3.05) is 10.6 Å². The summed E-state index contributed by atoms with van der Waals surface area (Å²) in [7, 11) is 0. The lowest BCUT2D eigenvalue weighted by Gasteiger charge is -2.15. The molecule has 3 aromatic rings. The first-order valence-electron chi connectivity index (χ1n) is 7.72. The Morgan fingerprint density at radius 1 is 0.960 bits per heavy atom. The van der Waals surface area contributed by atoms with Crippen molar-refractivity contribution in [1.82, 2.24) is 0 Å². The highest BCUT2D eigenvalue weighted by Crippen LogP contribution is 2.28. The first-order valence-corrected chi connectivity index (χ1v) is 8.10. The predicted molar refractivity (Wildman–Crippen MR) is 100 cm³/mol. The van der Waals surface area contributed by atoms with Gasteiger partial charge in [0.25, 0.3) is 5.91 Å². The van der Waals surface area contributed by atoms with Gasteiger partial charge < -0.3 is 10.6 Å². The molecule has 3 rings (SSSR count). The van der Waals surface area contributed by atoms with Crippen LogP contribution in [0, 0.1) is 12.7 Å². The van der Waals surface area contributed by atoms with E-state index in [1.54, 1.807) is 24.3 Å². The molecule has 5 heteroatoms. The van der Waals surface area contributed by atoms with E-state index in [1.165, 1.54) is 18.2 Å². The van der Waals surface area contributed by atoms with E-state index in [4.69, 9.17) is 11.6 Å². The Labute approximate surface area is 150 Å². The van der Waals surface area contributed by atoms with Crippen molar-refractivity contribution in [1.29, 1.82) is 0 Å². The fourth-order valence-electron chi connectivity index (χ4n) is 2.43. The number of amides is 1. The van der Waals surface area contributed by atoms with Crippen LogP contribution in [0.3, 0.4) is 0 Å². The summed E-state index contributed by atoms with van der Waals surface area (Å²) in [4.78, 5) is 12.6. The van der Waals surface area contributed by atoms with Crippen molar-refractivity contribution in [2.45, 2.75) is 6.92 Å². The molecule has 0 aromatic heterocycles. The molecular weight excluding hydrogens is 339 g/mol. The molecule has 0 spiro atoms. The molecule has 0 atom stereocenters. The molecule has 0 aliphatic rings. The topological polar surface area (TPSA) is 41.1 Å². The third-order valence-corrected chi connectivity index (χ3v) is 4.20. The van der Waals surface area contributed by atoms with Crippen LogP contribution in [0.1, 0.15) is 15.9 Å². The smallest absolute Gasteiger partial charge is 0.257 e. The van der Waals surface area contributed by atoms with Gasteiger partial charge in [-0.25, -0.2) is 4.39 Å². The van der Waals surface area contributed by atoms with Gasteiger partial charge in [-0.05, 0) is 55.0 Å². The number of para-hydroxylation sites is 1. The van der Waals surface area contributed by atoms with Crippen LogP contribution in [-0.2, 0) is 0 Å². The Bertz CT molecular complexity index is 913. The number of halogens is 2. The monoisotopic (exact) mass is 354 g/mol. The van der Waals surface area contributed by atoms with Crippen LogP contribution in [0.5, 0.6) is 0 Å². The van der Waals surface area contributed by atoms with Gasteiger partial charge in [-0.2, -0.15) is 0 Å². The number of hydrogen-bond donors (Lipinski definition) is 2. The number of carbonyl (C=O) groups is 1. The molecule has 0 fully saturated rings. The molecule has 3 aromatic carbocycles. The van der Waals surface area contributed by atoms with Gasteiger partial charge in [0, 0.05) is 16.4 Å².